The third kappa shape index (κ3) is 3.45. The van der Waals surface area contributed by atoms with Crippen molar-refractivity contribution in [1.29, 1.82) is 0 Å². The fourth-order valence-electron chi connectivity index (χ4n) is 2.31. The van der Waals surface area contributed by atoms with Crippen LogP contribution in [0.2, 0.25) is 0 Å². The van der Waals surface area contributed by atoms with Crippen molar-refractivity contribution in [2.75, 3.05) is 40.3 Å². The summed E-state index contributed by atoms with van der Waals surface area (Å²) >= 11 is 0. The zero-order chi connectivity index (χ0) is 12.8. The molecule has 1 atom stereocenters. The third-order valence-corrected chi connectivity index (χ3v) is 3.53. The Labute approximate surface area is 109 Å². The van der Waals surface area contributed by atoms with Gasteiger partial charge in [0.1, 0.15) is 5.75 Å². The van der Waals surface area contributed by atoms with Crippen LogP contribution in [0.3, 0.4) is 0 Å². The monoisotopic (exact) mass is 249 g/mol. The van der Waals surface area contributed by atoms with E-state index in [4.69, 9.17) is 4.74 Å². The van der Waals surface area contributed by atoms with Crippen LogP contribution in [0.4, 0.5) is 0 Å². The van der Waals surface area contributed by atoms with E-state index < -0.39 is 0 Å². The maximum Gasteiger partial charge on any atom is 0.123 e. The molecular weight excluding hydrogens is 226 g/mol. The molecule has 100 valence electrons. The molecule has 1 fully saturated rings. The number of para-hydroxylation sites is 1. The lowest BCUT2D eigenvalue weighted by atomic mass is 10.1. The van der Waals surface area contributed by atoms with Crippen LogP contribution in [0.5, 0.6) is 5.75 Å². The molecule has 0 amide bonds. The Morgan fingerprint density at radius 1 is 1.44 bits per heavy atom. The zero-order valence-electron chi connectivity index (χ0n) is 11.3. The first-order valence-electron chi connectivity index (χ1n) is 6.55. The van der Waals surface area contributed by atoms with Crippen molar-refractivity contribution in [1.82, 2.24) is 15.5 Å². The molecule has 0 aliphatic carbocycles. The molecule has 2 rings (SSSR count). The molecule has 1 unspecified atom stereocenters. The van der Waals surface area contributed by atoms with Gasteiger partial charge in [0.2, 0.25) is 0 Å². The van der Waals surface area contributed by atoms with E-state index in [9.17, 15) is 0 Å². The van der Waals surface area contributed by atoms with Crippen molar-refractivity contribution >= 4 is 0 Å². The second-order valence-corrected chi connectivity index (χ2v) is 4.78. The van der Waals surface area contributed by atoms with Crippen LogP contribution >= 0.6 is 0 Å². The Morgan fingerprint density at radius 2 is 2.28 bits per heavy atom. The van der Waals surface area contributed by atoms with Gasteiger partial charge in [0.25, 0.3) is 0 Å². The number of piperazine rings is 1. The van der Waals surface area contributed by atoms with Gasteiger partial charge in [-0.3, -0.25) is 4.90 Å². The highest BCUT2D eigenvalue weighted by molar-refractivity contribution is 5.32. The first-order valence-corrected chi connectivity index (χ1v) is 6.55. The number of nitrogens with zero attached hydrogens (tertiary/aromatic N) is 1. The fraction of sp³-hybridized carbons (Fsp3) is 0.571. The SMILES string of the molecule is COc1ccccc1CNCC1CNCCN1C. The van der Waals surface area contributed by atoms with Crippen LogP contribution in [0.15, 0.2) is 24.3 Å². The number of hydrogen-bond acceptors (Lipinski definition) is 4. The van der Waals surface area contributed by atoms with Gasteiger partial charge in [-0.2, -0.15) is 0 Å². The average Bonchev–Trinajstić information content (AvgIpc) is 2.41. The third-order valence-electron chi connectivity index (χ3n) is 3.53. The minimum absolute atomic E-state index is 0.577. The predicted octanol–water partition coefficient (Wildman–Crippen LogP) is 0.688. The highest BCUT2D eigenvalue weighted by Crippen LogP contribution is 2.16. The molecule has 1 aliphatic heterocycles. The zero-order valence-corrected chi connectivity index (χ0v) is 11.3. The maximum absolute atomic E-state index is 5.35. The van der Waals surface area contributed by atoms with Crippen molar-refractivity contribution in [3.05, 3.63) is 29.8 Å². The minimum Gasteiger partial charge on any atom is -0.496 e. The standard InChI is InChI=1S/C14H23N3O/c1-17-8-7-15-10-13(17)11-16-9-12-5-3-4-6-14(12)18-2/h3-6,13,15-16H,7-11H2,1-2H3. The Balaban J connectivity index is 1.80. The topological polar surface area (TPSA) is 36.5 Å². The summed E-state index contributed by atoms with van der Waals surface area (Å²) in [6.07, 6.45) is 0. The van der Waals surface area contributed by atoms with Gasteiger partial charge in [0.15, 0.2) is 0 Å². The highest BCUT2D eigenvalue weighted by atomic mass is 16.5. The number of hydrogen-bond donors (Lipinski definition) is 2. The van der Waals surface area contributed by atoms with E-state index in [1.165, 1.54) is 5.56 Å². The van der Waals surface area contributed by atoms with Crippen LogP contribution < -0.4 is 15.4 Å². The van der Waals surface area contributed by atoms with Gasteiger partial charge in [-0.25, -0.2) is 0 Å². The van der Waals surface area contributed by atoms with E-state index in [1.54, 1.807) is 7.11 Å². The normalized spacial score (nSPS) is 20.9. The number of likely N-dealkylation sites (N-methyl/N-ethyl adjacent to an activating group) is 1. The van der Waals surface area contributed by atoms with E-state index in [-0.39, 0.29) is 0 Å². The first kappa shape index (κ1) is 13.3. The molecule has 1 aliphatic rings. The molecule has 0 bridgehead atoms. The molecule has 1 heterocycles. The van der Waals surface area contributed by atoms with E-state index >= 15 is 0 Å². The lowest BCUT2D eigenvalue weighted by Crippen LogP contribution is -2.53. The highest BCUT2D eigenvalue weighted by Gasteiger charge is 2.17. The second-order valence-electron chi connectivity index (χ2n) is 4.78. The molecular formula is C14H23N3O. The second kappa shape index (κ2) is 6.73. The number of benzene rings is 1. The van der Waals surface area contributed by atoms with Crippen molar-refractivity contribution in [2.45, 2.75) is 12.6 Å². The van der Waals surface area contributed by atoms with Gasteiger partial charge in [-0.15, -0.1) is 0 Å². The van der Waals surface area contributed by atoms with Gasteiger partial charge in [-0.1, -0.05) is 18.2 Å². The molecule has 2 N–H and O–H groups in total. The van der Waals surface area contributed by atoms with E-state index in [0.29, 0.717) is 6.04 Å². The van der Waals surface area contributed by atoms with Crippen LogP contribution in [-0.2, 0) is 6.54 Å². The summed E-state index contributed by atoms with van der Waals surface area (Å²) < 4.78 is 5.35. The van der Waals surface area contributed by atoms with Gasteiger partial charge < -0.3 is 15.4 Å². The molecule has 1 aromatic carbocycles. The summed E-state index contributed by atoms with van der Waals surface area (Å²) in [4.78, 5) is 2.41. The largest absolute Gasteiger partial charge is 0.496 e. The summed E-state index contributed by atoms with van der Waals surface area (Å²) in [6, 6.07) is 8.74. The molecule has 0 spiro atoms. The summed E-state index contributed by atoms with van der Waals surface area (Å²) in [6.45, 7) is 5.14. The van der Waals surface area contributed by atoms with Crippen LogP contribution in [0.1, 0.15) is 5.56 Å². The maximum atomic E-state index is 5.35. The molecule has 1 aromatic rings. The fourth-order valence-corrected chi connectivity index (χ4v) is 2.31. The van der Waals surface area contributed by atoms with Crippen molar-refractivity contribution in [3.63, 3.8) is 0 Å². The van der Waals surface area contributed by atoms with Gasteiger partial charge in [0, 0.05) is 44.3 Å². The molecule has 1 saturated heterocycles. The lowest BCUT2D eigenvalue weighted by molar-refractivity contribution is 0.195. The average molecular weight is 249 g/mol. The lowest BCUT2D eigenvalue weighted by Gasteiger charge is -2.33. The molecule has 4 nitrogen and oxygen atoms in total. The quantitative estimate of drug-likeness (QED) is 0.805. The molecule has 0 saturated carbocycles. The van der Waals surface area contributed by atoms with Gasteiger partial charge in [-0.05, 0) is 13.1 Å². The summed E-state index contributed by atoms with van der Waals surface area (Å²) in [5.74, 6) is 0.958. The predicted molar refractivity (Wildman–Crippen MR) is 74.0 cm³/mol. The van der Waals surface area contributed by atoms with Crippen LogP contribution in [0.25, 0.3) is 0 Å². The van der Waals surface area contributed by atoms with Gasteiger partial charge in [0.05, 0.1) is 7.11 Å². The summed E-state index contributed by atoms with van der Waals surface area (Å²) in [7, 11) is 3.91. The van der Waals surface area contributed by atoms with Crippen molar-refractivity contribution < 1.29 is 4.74 Å². The van der Waals surface area contributed by atoms with Crippen LogP contribution in [0, 0.1) is 0 Å². The summed E-state index contributed by atoms with van der Waals surface area (Å²) in [5.41, 5.74) is 1.21. The Morgan fingerprint density at radius 3 is 3.06 bits per heavy atom. The molecule has 4 heteroatoms. The molecule has 0 radical (unpaired) electrons. The molecule has 18 heavy (non-hydrogen) atoms. The van der Waals surface area contributed by atoms with Gasteiger partial charge >= 0.3 is 0 Å². The Kier molecular flexibility index (Phi) is 4.99. The first-order chi connectivity index (χ1) is 8.81. The minimum atomic E-state index is 0.577. The number of rotatable bonds is 5. The van der Waals surface area contributed by atoms with Crippen molar-refractivity contribution in [3.8, 4) is 5.75 Å². The number of ether oxygens (including phenoxy) is 1. The number of methoxy groups -OCH3 is 1. The smallest absolute Gasteiger partial charge is 0.123 e. The van der Waals surface area contributed by atoms with Crippen molar-refractivity contribution in [2.24, 2.45) is 0 Å². The number of nitrogens with one attached hydrogen (secondary N) is 2. The Bertz CT molecular complexity index is 370. The van der Waals surface area contributed by atoms with E-state index in [1.807, 2.05) is 18.2 Å². The Hall–Kier alpha value is -1.10. The van der Waals surface area contributed by atoms with E-state index in [0.717, 1.165) is 38.5 Å². The van der Waals surface area contributed by atoms with E-state index in [2.05, 4.69) is 28.6 Å². The summed E-state index contributed by atoms with van der Waals surface area (Å²) in [5, 5.41) is 6.94. The van der Waals surface area contributed by atoms with Crippen LogP contribution in [-0.4, -0.2) is 51.3 Å². The molecule has 0 aromatic heterocycles.